The lowest BCUT2D eigenvalue weighted by Crippen LogP contribution is -2.32. The summed E-state index contributed by atoms with van der Waals surface area (Å²) in [6.45, 7) is 5.68. The first-order chi connectivity index (χ1) is 11.2. The first-order valence-corrected chi connectivity index (χ1v) is 9.40. The molecule has 0 unspecified atom stereocenters. The van der Waals surface area contributed by atoms with Crippen LogP contribution in [-0.4, -0.2) is 24.1 Å². The van der Waals surface area contributed by atoms with Crippen LogP contribution in [0, 0.1) is 20.8 Å². The van der Waals surface area contributed by atoms with Crippen molar-refractivity contribution in [2.24, 2.45) is 7.05 Å². The van der Waals surface area contributed by atoms with Gasteiger partial charge in [0.15, 0.2) is 0 Å². The lowest BCUT2D eigenvalue weighted by Gasteiger charge is -2.10. The molecule has 130 valence electrons. The van der Waals surface area contributed by atoms with Gasteiger partial charge < -0.3 is 0 Å². The Morgan fingerprint density at radius 1 is 1.21 bits per heavy atom. The SMILES string of the molecule is Cc1ccc(C)c(CS(=O)(=O)NC(=O)CCc2cnn(C)c2C)c1. The summed E-state index contributed by atoms with van der Waals surface area (Å²) >= 11 is 0. The highest BCUT2D eigenvalue weighted by atomic mass is 32.2. The molecule has 0 aliphatic rings. The third-order valence-electron chi connectivity index (χ3n) is 4.08. The van der Waals surface area contributed by atoms with Gasteiger partial charge in [0.1, 0.15) is 0 Å². The first kappa shape index (κ1) is 18.2. The third kappa shape index (κ3) is 4.67. The van der Waals surface area contributed by atoms with Gasteiger partial charge in [0.05, 0.1) is 11.9 Å². The third-order valence-corrected chi connectivity index (χ3v) is 5.31. The molecule has 1 aromatic heterocycles. The summed E-state index contributed by atoms with van der Waals surface area (Å²) in [7, 11) is -1.88. The molecule has 6 nitrogen and oxygen atoms in total. The van der Waals surface area contributed by atoms with Crippen LogP contribution in [-0.2, 0) is 34.0 Å². The number of sulfonamides is 1. The maximum atomic E-state index is 12.2. The molecule has 0 fully saturated rings. The van der Waals surface area contributed by atoms with Crippen LogP contribution in [0.25, 0.3) is 0 Å². The number of carbonyl (C=O) groups is 1. The zero-order valence-corrected chi connectivity index (χ0v) is 15.3. The van der Waals surface area contributed by atoms with Crippen LogP contribution in [0.3, 0.4) is 0 Å². The fourth-order valence-corrected chi connectivity index (χ4v) is 3.70. The van der Waals surface area contributed by atoms with Gasteiger partial charge in [-0.05, 0) is 43.9 Å². The van der Waals surface area contributed by atoms with E-state index in [0.717, 1.165) is 22.4 Å². The van der Waals surface area contributed by atoms with Crippen molar-refractivity contribution in [2.75, 3.05) is 0 Å². The van der Waals surface area contributed by atoms with E-state index in [1.54, 1.807) is 10.9 Å². The molecular formula is C17H23N3O3S. The highest BCUT2D eigenvalue weighted by Gasteiger charge is 2.17. The Hall–Kier alpha value is -2.15. The molecule has 0 spiro atoms. The molecule has 0 atom stereocenters. The van der Waals surface area contributed by atoms with E-state index in [1.807, 2.05) is 46.0 Å². The monoisotopic (exact) mass is 349 g/mol. The number of carbonyl (C=O) groups excluding carboxylic acids is 1. The number of rotatable bonds is 6. The van der Waals surface area contributed by atoms with Crippen molar-refractivity contribution in [1.82, 2.24) is 14.5 Å². The maximum absolute atomic E-state index is 12.2. The Bertz CT molecular complexity index is 854. The van der Waals surface area contributed by atoms with Gasteiger partial charge in [0, 0.05) is 19.2 Å². The van der Waals surface area contributed by atoms with E-state index in [1.165, 1.54) is 0 Å². The Morgan fingerprint density at radius 2 is 1.92 bits per heavy atom. The zero-order valence-electron chi connectivity index (χ0n) is 14.5. The number of amides is 1. The van der Waals surface area contributed by atoms with Gasteiger partial charge in [-0.3, -0.25) is 14.2 Å². The van der Waals surface area contributed by atoms with Gasteiger partial charge in [-0.2, -0.15) is 5.10 Å². The molecule has 1 heterocycles. The van der Waals surface area contributed by atoms with Crippen molar-refractivity contribution in [3.8, 4) is 0 Å². The van der Waals surface area contributed by atoms with E-state index in [0.29, 0.717) is 12.0 Å². The fourth-order valence-electron chi connectivity index (χ4n) is 2.46. The number of aryl methyl sites for hydroxylation is 4. The van der Waals surface area contributed by atoms with Crippen molar-refractivity contribution in [3.63, 3.8) is 0 Å². The van der Waals surface area contributed by atoms with E-state index >= 15 is 0 Å². The van der Waals surface area contributed by atoms with Crippen LogP contribution < -0.4 is 4.72 Å². The average Bonchev–Trinajstić information content (AvgIpc) is 2.79. The predicted octanol–water partition coefficient (Wildman–Crippen LogP) is 1.92. The second-order valence-electron chi connectivity index (χ2n) is 6.09. The van der Waals surface area contributed by atoms with E-state index in [9.17, 15) is 13.2 Å². The minimum absolute atomic E-state index is 0.110. The molecule has 1 aromatic carbocycles. The number of nitrogens with zero attached hydrogens (tertiary/aromatic N) is 2. The summed E-state index contributed by atoms with van der Waals surface area (Å²) in [5.41, 5.74) is 4.51. The Kier molecular flexibility index (Phi) is 5.43. The summed E-state index contributed by atoms with van der Waals surface area (Å²) in [6, 6.07) is 5.64. The second-order valence-corrected chi connectivity index (χ2v) is 7.82. The minimum Gasteiger partial charge on any atom is -0.274 e. The van der Waals surface area contributed by atoms with Crippen molar-refractivity contribution >= 4 is 15.9 Å². The highest BCUT2D eigenvalue weighted by Crippen LogP contribution is 2.14. The van der Waals surface area contributed by atoms with Crippen molar-refractivity contribution < 1.29 is 13.2 Å². The quantitative estimate of drug-likeness (QED) is 0.864. The number of benzene rings is 1. The van der Waals surface area contributed by atoms with E-state index in [4.69, 9.17) is 0 Å². The molecule has 2 rings (SSSR count). The van der Waals surface area contributed by atoms with Crippen molar-refractivity contribution in [3.05, 3.63) is 52.3 Å². The topological polar surface area (TPSA) is 81.1 Å². The van der Waals surface area contributed by atoms with Crippen LogP contribution in [0.15, 0.2) is 24.4 Å². The number of hydrogen-bond acceptors (Lipinski definition) is 4. The fraction of sp³-hybridized carbons (Fsp3) is 0.412. The van der Waals surface area contributed by atoms with Gasteiger partial charge in [-0.25, -0.2) is 8.42 Å². The Labute approximate surface area is 142 Å². The number of nitrogens with one attached hydrogen (secondary N) is 1. The average molecular weight is 349 g/mol. The number of hydrogen-bond donors (Lipinski definition) is 1. The lowest BCUT2D eigenvalue weighted by molar-refractivity contribution is -0.119. The largest absolute Gasteiger partial charge is 0.274 e. The second kappa shape index (κ2) is 7.17. The first-order valence-electron chi connectivity index (χ1n) is 7.75. The lowest BCUT2D eigenvalue weighted by atomic mass is 10.1. The standard InChI is InChI=1S/C17H23N3O3S/c1-12-5-6-13(2)16(9-12)11-24(22,23)19-17(21)8-7-15-10-18-20(4)14(15)3/h5-6,9-10H,7-8,11H2,1-4H3,(H,19,21). The molecule has 1 N–H and O–H groups in total. The minimum atomic E-state index is -3.70. The van der Waals surface area contributed by atoms with Crippen LogP contribution in [0.1, 0.15) is 34.4 Å². The molecule has 0 aliphatic carbocycles. The Balaban J connectivity index is 1.97. The van der Waals surface area contributed by atoms with Crippen molar-refractivity contribution in [2.45, 2.75) is 39.4 Å². The van der Waals surface area contributed by atoms with E-state index < -0.39 is 15.9 Å². The van der Waals surface area contributed by atoms with Gasteiger partial charge in [-0.1, -0.05) is 23.8 Å². The molecule has 1 amide bonds. The maximum Gasteiger partial charge on any atom is 0.239 e. The summed E-state index contributed by atoms with van der Waals surface area (Å²) < 4.78 is 28.3. The van der Waals surface area contributed by atoms with Crippen LogP contribution in [0.4, 0.5) is 0 Å². The van der Waals surface area contributed by atoms with Crippen molar-refractivity contribution in [1.29, 1.82) is 0 Å². The van der Waals surface area contributed by atoms with Gasteiger partial charge in [0.2, 0.25) is 15.9 Å². The van der Waals surface area contributed by atoms with Gasteiger partial charge >= 0.3 is 0 Å². The summed E-state index contributed by atoms with van der Waals surface area (Å²) in [5, 5.41) is 4.11. The molecule has 0 bridgehead atoms. The molecule has 0 saturated heterocycles. The highest BCUT2D eigenvalue weighted by molar-refractivity contribution is 7.89. The van der Waals surface area contributed by atoms with Gasteiger partial charge in [0.25, 0.3) is 0 Å². The molecule has 0 saturated carbocycles. The smallest absolute Gasteiger partial charge is 0.239 e. The van der Waals surface area contributed by atoms with Gasteiger partial charge in [-0.15, -0.1) is 0 Å². The van der Waals surface area contributed by atoms with Crippen LogP contribution in [0.5, 0.6) is 0 Å². The Morgan fingerprint density at radius 3 is 2.54 bits per heavy atom. The summed E-state index contributed by atoms with van der Waals surface area (Å²) in [5.74, 6) is -0.693. The molecule has 24 heavy (non-hydrogen) atoms. The molecule has 7 heteroatoms. The predicted molar refractivity (Wildman–Crippen MR) is 92.9 cm³/mol. The zero-order chi connectivity index (χ0) is 17.9. The molecule has 0 aliphatic heterocycles. The molecule has 0 radical (unpaired) electrons. The van der Waals surface area contributed by atoms with E-state index in [-0.39, 0.29) is 12.2 Å². The van der Waals surface area contributed by atoms with E-state index in [2.05, 4.69) is 9.82 Å². The van der Waals surface area contributed by atoms with Crippen LogP contribution in [0.2, 0.25) is 0 Å². The van der Waals surface area contributed by atoms with Crippen LogP contribution >= 0.6 is 0 Å². The normalized spacial score (nSPS) is 11.5. The number of aromatic nitrogens is 2. The molecule has 2 aromatic rings. The molecular weight excluding hydrogens is 326 g/mol. The summed E-state index contributed by atoms with van der Waals surface area (Å²) in [6.07, 6.45) is 2.27. The summed E-state index contributed by atoms with van der Waals surface area (Å²) in [4.78, 5) is 12.0.